The molecule has 3 N–H and O–H groups in total. The molecule has 0 bridgehead atoms. The molecule has 0 amide bonds. The number of benzene rings is 1. The third-order valence-electron chi connectivity index (χ3n) is 2.70. The summed E-state index contributed by atoms with van der Waals surface area (Å²) in [6.07, 6.45) is 2.36. The second-order valence-corrected chi connectivity index (χ2v) is 3.79. The Kier molecular flexibility index (Phi) is 2.33. The van der Waals surface area contributed by atoms with Gasteiger partial charge in [-0.2, -0.15) is 0 Å². The molecule has 14 heavy (non-hydrogen) atoms. The monoisotopic (exact) mass is 193 g/mol. The number of rotatable bonds is 3. The molecule has 1 fully saturated rings. The lowest BCUT2D eigenvalue weighted by Crippen LogP contribution is -2.13. The smallest absolute Gasteiger partial charge is 0.123 e. The Morgan fingerprint density at radius 3 is 2.79 bits per heavy atom. The van der Waals surface area contributed by atoms with Crippen molar-refractivity contribution in [3.63, 3.8) is 0 Å². The molecule has 0 radical (unpaired) electrons. The van der Waals surface area contributed by atoms with Gasteiger partial charge in [-0.3, -0.25) is 0 Å². The number of hydrogen-bond donors (Lipinski definition) is 2. The second kappa shape index (κ2) is 3.50. The summed E-state index contributed by atoms with van der Waals surface area (Å²) in [6, 6.07) is 5.06. The van der Waals surface area contributed by atoms with Crippen LogP contribution in [0.2, 0.25) is 0 Å². The fourth-order valence-electron chi connectivity index (χ4n) is 1.69. The maximum Gasteiger partial charge on any atom is 0.123 e. The van der Waals surface area contributed by atoms with Gasteiger partial charge in [0.05, 0.1) is 7.11 Å². The maximum atomic E-state index is 9.37. The zero-order valence-electron chi connectivity index (χ0n) is 8.23. The van der Waals surface area contributed by atoms with Gasteiger partial charge in [0.1, 0.15) is 11.5 Å². The molecular weight excluding hydrogens is 178 g/mol. The normalized spacial score (nSPS) is 17.9. The van der Waals surface area contributed by atoms with Gasteiger partial charge in [0, 0.05) is 11.6 Å². The van der Waals surface area contributed by atoms with E-state index in [1.807, 2.05) is 0 Å². The lowest BCUT2D eigenvalue weighted by Gasteiger charge is -2.15. The zero-order chi connectivity index (χ0) is 10.1. The SMILES string of the molecule is COc1ccc(O)cc1C(N)C1CC1. The van der Waals surface area contributed by atoms with Crippen molar-refractivity contribution in [2.75, 3.05) is 7.11 Å². The Bertz CT molecular complexity index is 334. The largest absolute Gasteiger partial charge is 0.508 e. The maximum absolute atomic E-state index is 9.37. The van der Waals surface area contributed by atoms with Crippen LogP contribution in [-0.2, 0) is 0 Å². The number of aromatic hydroxyl groups is 1. The minimum atomic E-state index is -0.00273. The average molecular weight is 193 g/mol. The molecule has 76 valence electrons. The predicted molar refractivity (Wildman–Crippen MR) is 54.3 cm³/mol. The van der Waals surface area contributed by atoms with Crippen LogP contribution in [0.5, 0.6) is 11.5 Å². The molecule has 1 saturated carbocycles. The van der Waals surface area contributed by atoms with Crippen LogP contribution in [-0.4, -0.2) is 12.2 Å². The average Bonchev–Trinajstić information content (AvgIpc) is 3.00. The molecule has 1 atom stereocenters. The van der Waals surface area contributed by atoms with Crippen LogP contribution in [0.1, 0.15) is 24.4 Å². The van der Waals surface area contributed by atoms with Crippen LogP contribution in [0, 0.1) is 5.92 Å². The molecule has 1 aliphatic rings. The molecule has 2 rings (SSSR count). The van der Waals surface area contributed by atoms with Crippen molar-refractivity contribution < 1.29 is 9.84 Å². The fraction of sp³-hybridized carbons (Fsp3) is 0.455. The van der Waals surface area contributed by atoms with Gasteiger partial charge < -0.3 is 15.6 Å². The highest BCUT2D eigenvalue weighted by Crippen LogP contribution is 2.42. The molecule has 1 unspecified atom stereocenters. The Hall–Kier alpha value is -1.22. The highest BCUT2D eigenvalue weighted by molar-refractivity contribution is 5.42. The third-order valence-corrected chi connectivity index (χ3v) is 2.70. The van der Waals surface area contributed by atoms with E-state index >= 15 is 0 Å². The van der Waals surface area contributed by atoms with Crippen LogP contribution in [0.25, 0.3) is 0 Å². The summed E-state index contributed by atoms with van der Waals surface area (Å²) < 4.78 is 5.21. The summed E-state index contributed by atoms with van der Waals surface area (Å²) in [6.45, 7) is 0. The van der Waals surface area contributed by atoms with Gasteiger partial charge in [-0.1, -0.05) is 0 Å². The molecule has 0 spiro atoms. The molecule has 0 aliphatic heterocycles. The van der Waals surface area contributed by atoms with E-state index in [0.29, 0.717) is 5.92 Å². The number of nitrogens with two attached hydrogens (primary N) is 1. The van der Waals surface area contributed by atoms with Crippen molar-refractivity contribution in [3.8, 4) is 11.5 Å². The van der Waals surface area contributed by atoms with E-state index in [0.717, 1.165) is 11.3 Å². The molecule has 1 aliphatic carbocycles. The minimum absolute atomic E-state index is 0.00273. The van der Waals surface area contributed by atoms with E-state index in [1.165, 1.54) is 12.8 Å². The Balaban J connectivity index is 2.32. The van der Waals surface area contributed by atoms with Gasteiger partial charge in [0.15, 0.2) is 0 Å². The number of phenols is 1. The van der Waals surface area contributed by atoms with Gasteiger partial charge in [-0.25, -0.2) is 0 Å². The number of ether oxygens (including phenoxy) is 1. The molecule has 1 aromatic rings. The first kappa shape index (κ1) is 9.34. The molecule has 3 heteroatoms. The van der Waals surface area contributed by atoms with Gasteiger partial charge in [0.25, 0.3) is 0 Å². The molecule has 0 heterocycles. The highest BCUT2D eigenvalue weighted by Gasteiger charge is 2.31. The number of methoxy groups -OCH3 is 1. The molecule has 0 saturated heterocycles. The topological polar surface area (TPSA) is 55.5 Å². The molecular formula is C11H15NO2. The Morgan fingerprint density at radius 1 is 1.50 bits per heavy atom. The second-order valence-electron chi connectivity index (χ2n) is 3.79. The summed E-state index contributed by atoms with van der Waals surface area (Å²) >= 11 is 0. The van der Waals surface area contributed by atoms with E-state index in [-0.39, 0.29) is 11.8 Å². The van der Waals surface area contributed by atoms with Gasteiger partial charge >= 0.3 is 0 Å². The van der Waals surface area contributed by atoms with Gasteiger partial charge in [0.2, 0.25) is 0 Å². The van der Waals surface area contributed by atoms with Crippen LogP contribution in [0.3, 0.4) is 0 Å². The van der Waals surface area contributed by atoms with Crippen LogP contribution >= 0.6 is 0 Å². The number of hydrogen-bond acceptors (Lipinski definition) is 3. The summed E-state index contributed by atoms with van der Waals surface area (Å²) in [5.74, 6) is 1.57. The lowest BCUT2D eigenvalue weighted by molar-refractivity contribution is 0.399. The first-order valence-corrected chi connectivity index (χ1v) is 4.85. The van der Waals surface area contributed by atoms with E-state index in [2.05, 4.69) is 0 Å². The third kappa shape index (κ3) is 1.68. The van der Waals surface area contributed by atoms with Gasteiger partial charge in [-0.05, 0) is 37.0 Å². The van der Waals surface area contributed by atoms with Crippen LogP contribution in [0.4, 0.5) is 0 Å². The van der Waals surface area contributed by atoms with Crippen molar-refractivity contribution in [2.24, 2.45) is 11.7 Å². The lowest BCUT2D eigenvalue weighted by atomic mass is 10.0. The first-order valence-electron chi connectivity index (χ1n) is 4.85. The Morgan fingerprint density at radius 2 is 2.21 bits per heavy atom. The fourth-order valence-corrected chi connectivity index (χ4v) is 1.69. The first-order chi connectivity index (χ1) is 6.72. The van der Waals surface area contributed by atoms with E-state index < -0.39 is 0 Å². The van der Waals surface area contributed by atoms with E-state index in [4.69, 9.17) is 10.5 Å². The van der Waals surface area contributed by atoms with E-state index in [9.17, 15) is 5.11 Å². The van der Waals surface area contributed by atoms with Gasteiger partial charge in [-0.15, -0.1) is 0 Å². The van der Waals surface area contributed by atoms with Crippen LogP contribution < -0.4 is 10.5 Å². The van der Waals surface area contributed by atoms with Crippen molar-refractivity contribution >= 4 is 0 Å². The zero-order valence-corrected chi connectivity index (χ0v) is 8.23. The summed E-state index contributed by atoms with van der Waals surface area (Å²) in [5.41, 5.74) is 6.97. The summed E-state index contributed by atoms with van der Waals surface area (Å²) in [5, 5.41) is 9.37. The summed E-state index contributed by atoms with van der Waals surface area (Å²) in [7, 11) is 1.62. The van der Waals surface area contributed by atoms with Crippen LogP contribution in [0.15, 0.2) is 18.2 Å². The van der Waals surface area contributed by atoms with Crippen molar-refractivity contribution in [3.05, 3.63) is 23.8 Å². The highest BCUT2D eigenvalue weighted by atomic mass is 16.5. The van der Waals surface area contributed by atoms with Crippen molar-refractivity contribution in [1.82, 2.24) is 0 Å². The molecule has 0 aromatic heterocycles. The predicted octanol–water partition coefficient (Wildman–Crippen LogP) is 1.81. The molecule has 1 aromatic carbocycles. The quantitative estimate of drug-likeness (QED) is 0.769. The Labute approximate surface area is 83.5 Å². The molecule has 3 nitrogen and oxygen atoms in total. The van der Waals surface area contributed by atoms with Crippen molar-refractivity contribution in [2.45, 2.75) is 18.9 Å². The number of phenolic OH excluding ortho intramolecular Hbond substituents is 1. The summed E-state index contributed by atoms with van der Waals surface area (Å²) in [4.78, 5) is 0. The van der Waals surface area contributed by atoms with E-state index in [1.54, 1.807) is 25.3 Å². The standard InChI is InChI=1S/C11H15NO2/c1-14-10-5-4-8(13)6-9(10)11(12)7-2-3-7/h4-7,11,13H,2-3,12H2,1H3. The minimum Gasteiger partial charge on any atom is -0.508 e. The van der Waals surface area contributed by atoms with Crippen molar-refractivity contribution in [1.29, 1.82) is 0 Å².